The molecule has 3 saturated carbocycles. The van der Waals surface area contributed by atoms with Crippen LogP contribution in [0.5, 0.6) is 0 Å². The van der Waals surface area contributed by atoms with E-state index in [2.05, 4.69) is 20.3 Å². The minimum Gasteiger partial charge on any atom is -0.458 e. The second-order valence-electron chi connectivity index (χ2n) is 10.2. The Morgan fingerprint density at radius 2 is 1.94 bits per heavy atom. The zero-order valence-electron chi connectivity index (χ0n) is 18.7. The zero-order chi connectivity index (χ0) is 22.1. The molecule has 0 aromatic carbocycles. The number of fused-ring (bicyclic) bond motifs is 5. The fraction of sp³-hybridized carbons (Fsp3) is 0.667. The number of carbonyl (C=O) groups is 3. The van der Waals surface area contributed by atoms with Gasteiger partial charge in [0.2, 0.25) is 5.78 Å². The smallest absolute Gasteiger partial charge is 0.303 e. The molecule has 167 valence electrons. The third-order valence-electron chi connectivity index (χ3n) is 9.20. The number of rotatable bonds is 3. The molecule has 4 aliphatic rings. The van der Waals surface area contributed by atoms with Crippen molar-refractivity contribution in [3.8, 4) is 0 Å². The van der Waals surface area contributed by atoms with Gasteiger partial charge in [-0.05, 0) is 42.6 Å². The summed E-state index contributed by atoms with van der Waals surface area (Å²) in [5.74, 6) is -1.02. The van der Waals surface area contributed by atoms with Crippen molar-refractivity contribution in [3.63, 3.8) is 0 Å². The number of aliphatic hydroxyl groups is 2. The maximum atomic E-state index is 12.9. The van der Waals surface area contributed by atoms with Gasteiger partial charge in [-0.3, -0.25) is 9.59 Å². The van der Waals surface area contributed by atoms with Gasteiger partial charge in [-0.2, -0.15) is 11.6 Å². The van der Waals surface area contributed by atoms with Gasteiger partial charge in [0.25, 0.3) is 0 Å². The molecule has 7 heteroatoms. The summed E-state index contributed by atoms with van der Waals surface area (Å²) in [5.41, 5.74) is -2.53. The number of ether oxygens (including phenoxy) is 1. The molecule has 6 nitrogen and oxygen atoms in total. The molecule has 4 aliphatic carbocycles. The minimum absolute atomic E-state index is 0. The molecule has 0 bridgehead atoms. The van der Waals surface area contributed by atoms with Gasteiger partial charge in [0.1, 0.15) is 5.60 Å². The van der Waals surface area contributed by atoms with Crippen molar-refractivity contribution < 1.29 is 62.0 Å². The molecule has 0 spiro atoms. The van der Waals surface area contributed by atoms with Crippen molar-refractivity contribution in [2.75, 3.05) is 6.61 Å². The van der Waals surface area contributed by atoms with E-state index in [9.17, 15) is 24.6 Å². The number of carbonyl (C=O) groups excluding carboxylic acids is 3. The molecule has 4 rings (SSSR count). The molecule has 0 unspecified atom stereocenters. The molecule has 0 heterocycles. The first-order valence-corrected chi connectivity index (χ1v) is 10.8. The van der Waals surface area contributed by atoms with Crippen LogP contribution in [-0.4, -0.2) is 46.1 Å². The number of ketones is 2. The van der Waals surface area contributed by atoms with Crippen LogP contribution in [0.25, 0.3) is 0 Å². The van der Waals surface area contributed by atoms with Crippen LogP contribution in [0, 0.1) is 34.5 Å². The van der Waals surface area contributed by atoms with Crippen LogP contribution in [0.3, 0.4) is 0 Å². The molecule has 0 aromatic heterocycles. The first-order chi connectivity index (χ1) is 13.9. The Kier molecular flexibility index (Phi) is 6.32. The number of aliphatic hydroxyl groups excluding tert-OH is 1. The van der Waals surface area contributed by atoms with Gasteiger partial charge in [-0.1, -0.05) is 33.3 Å². The summed E-state index contributed by atoms with van der Waals surface area (Å²) >= 11 is 0. The van der Waals surface area contributed by atoms with Crippen molar-refractivity contribution >= 4 is 17.5 Å². The largest absolute Gasteiger partial charge is 0.458 e. The summed E-state index contributed by atoms with van der Waals surface area (Å²) in [4.78, 5) is 36.1. The number of allylic oxidation sites excluding steroid dienone is 4. The van der Waals surface area contributed by atoms with Crippen LogP contribution in [0.15, 0.2) is 23.8 Å². The van der Waals surface area contributed by atoms with Crippen LogP contribution >= 0.6 is 0 Å². The molecule has 31 heavy (non-hydrogen) atoms. The first kappa shape index (κ1) is 24.8. The average molecular weight is 504 g/mol. The van der Waals surface area contributed by atoms with Gasteiger partial charge in [0, 0.05) is 50.5 Å². The Hall–Kier alpha value is -0.816. The standard InChI is InChI=1S/C24H31O6.Y/c1-14(25)30-13-20(28)24(29)10-8-17-18-6-5-15-11-16(26)7-9-21(15,2)23(18,4)19(27)12-22(17,24)3;/h5,7,9,11,17-19,27,29H,6,8,10,12-13H2,1-4H3;/q-1;/t17-,18-,19-,21-,22-,23+,24-;/m0./s1. The predicted molar refractivity (Wildman–Crippen MR) is 109 cm³/mol. The summed E-state index contributed by atoms with van der Waals surface area (Å²) in [5, 5.41) is 23.0. The molecule has 1 radical (unpaired) electrons. The molecule has 0 aliphatic heterocycles. The van der Waals surface area contributed by atoms with Gasteiger partial charge in [-0.15, -0.1) is 0 Å². The summed E-state index contributed by atoms with van der Waals surface area (Å²) in [6.07, 6.45) is 8.40. The van der Waals surface area contributed by atoms with E-state index in [1.54, 1.807) is 12.2 Å². The van der Waals surface area contributed by atoms with E-state index in [4.69, 9.17) is 4.74 Å². The third kappa shape index (κ3) is 3.19. The molecule has 7 atom stereocenters. The Bertz CT molecular complexity index is 879. The Morgan fingerprint density at radius 3 is 2.58 bits per heavy atom. The number of hydrogen-bond donors (Lipinski definition) is 2. The zero-order valence-corrected chi connectivity index (χ0v) is 21.5. The molecule has 0 amide bonds. The molecule has 2 N–H and O–H groups in total. The van der Waals surface area contributed by atoms with Gasteiger partial charge in [-0.25, -0.2) is 6.42 Å². The fourth-order valence-electron chi connectivity index (χ4n) is 7.12. The third-order valence-corrected chi connectivity index (χ3v) is 9.20. The van der Waals surface area contributed by atoms with Crippen LogP contribution < -0.4 is 0 Å². The molecule has 3 fully saturated rings. The minimum atomic E-state index is -1.63. The molecule has 0 saturated heterocycles. The van der Waals surface area contributed by atoms with Crippen molar-refractivity contribution in [3.05, 3.63) is 30.2 Å². The van der Waals surface area contributed by atoms with Crippen molar-refractivity contribution in [2.45, 2.75) is 65.1 Å². The van der Waals surface area contributed by atoms with Crippen LogP contribution in [-0.2, 0) is 51.8 Å². The topological polar surface area (TPSA) is 101 Å². The van der Waals surface area contributed by atoms with Gasteiger partial charge >= 0.3 is 5.97 Å². The monoisotopic (exact) mass is 504 g/mol. The maximum Gasteiger partial charge on any atom is 0.303 e. The van der Waals surface area contributed by atoms with Crippen molar-refractivity contribution in [1.29, 1.82) is 0 Å². The van der Waals surface area contributed by atoms with E-state index >= 15 is 0 Å². The summed E-state index contributed by atoms with van der Waals surface area (Å²) in [6.45, 7) is 6.84. The van der Waals surface area contributed by atoms with Gasteiger partial charge < -0.3 is 19.7 Å². The summed E-state index contributed by atoms with van der Waals surface area (Å²) < 4.78 is 4.89. The Labute approximate surface area is 208 Å². The Balaban J connectivity index is 0.00000272. The van der Waals surface area contributed by atoms with E-state index in [0.717, 1.165) is 5.57 Å². The maximum absolute atomic E-state index is 12.9. The average Bonchev–Trinajstić information content (AvgIpc) is 2.94. The normalized spacial score (nSPS) is 45.3. The van der Waals surface area contributed by atoms with Crippen molar-refractivity contribution in [1.82, 2.24) is 0 Å². The number of esters is 1. The van der Waals surface area contributed by atoms with Crippen LogP contribution in [0.4, 0.5) is 0 Å². The van der Waals surface area contributed by atoms with Crippen LogP contribution in [0.1, 0.15) is 53.4 Å². The SMILES string of the molecule is CC(=O)OCC(=O)[C@@]1(O)CC[C@H]2[C@@H]3C[CH-]C4=CC(=O)C=C[C@]4(C)[C@@]3(C)[C@@H](O)C[C@@]21C.[Y]. The van der Waals surface area contributed by atoms with Crippen molar-refractivity contribution in [2.24, 2.45) is 28.1 Å². The second-order valence-corrected chi connectivity index (χ2v) is 10.2. The Morgan fingerprint density at radius 1 is 1.26 bits per heavy atom. The quantitative estimate of drug-likeness (QED) is 0.452. The van der Waals surface area contributed by atoms with Gasteiger partial charge in [0.05, 0.1) is 11.9 Å². The predicted octanol–water partition coefficient (Wildman–Crippen LogP) is 2.33. The fourth-order valence-corrected chi connectivity index (χ4v) is 7.12. The van der Waals surface area contributed by atoms with E-state index in [0.29, 0.717) is 19.3 Å². The number of hydrogen-bond acceptors (Lipinski definition) is 6. The summed E-state index contributed by atoms with van der Waals surface area (Å²) in [6, 6.07) is 0. The van der Waals surface area contributed by atoms with E-state index < -0.39 is 46.3 Å². The molecule has 0 aromatic rings. The number of Topliss-reactive ketones (excluding diaryl/α,β-unsaturated/α-hetero) is 1. The van der Waals surface area contributed by atoms with E-state index in [-0.39, 0.29) is 56.7 Å². The summed E-state index contributed by atoms with van der Waals surface area (Å²) in [7, 11) is 0. The molecular weight excluding hydrogens is 473 g/mol. The first-order valence-electron chi connectivity index (χ1n) is 10.8. The van der Waals surface area contributed by atoms with Crippen LogP contribution in [0.2, 0.25) is 0 Å². The van der Waals surface area contributed by atoms with E-state index in [1.165, 1.54) is 6.92 Å². The second kappa shape index (κ2) is 7.90. The molecular formula is C24H31O6Y-. The van der Waals surface area contributed by atoms with Gasteiger partial charge in [0.15, 0.2) is 6.61 Å². The van der Waals surface area contributed by atoms with E-state index in [1.807, 2.05) is 13.0 Å².